The van der Waals surface area contributed by atoms with Crippen molar-refractivity contribution in [2.24, 2.45) is 11.3 Å². The molecule has 1 aliphatic heterocycles. The van der Waals surface area contributed by atoms with Crippen molar-refractivity contribution in [3.63, 3.8) is 0 Å². The number of fused-ring (bicyclic) bond motifs is 1. The molecule has 1 saturated heterocycles. The molecule has 1 aliphatic rings. The van der Waals surface area contributed by atoms with Crippen LogP contribution in [0.1, 0.15) is 67.6 Å². The van der Waals surface area contributed by atoms with Crippen molar-refractivity contribution in [2.75, 3.05) is 19.8 Å². The quantitative estimate of drug-likeness (QED) is 0.401. The van der Waals surface area contributed by atoms with E-state index in [1.807, 2.05) is 49.7 Å². The van der Waals surface area contributed by atoms with Crippen LogP contribution in [0.25, 0.3) is 10.9 Å². The standard InChI is InChI=1S/C26H34N6O6/c1-5-37-25(35)24-30-29-19(38-24)14-27-23(34)21(26(2,3)4)28-22(33)20-17-8-6-7-9-18(17)32(31-20)15-16-10-12-36-13-11-16/h6-9,16,21H,5,10-15H2,1-4H3,(H,27,34)(H,28,33). The van der Waals surface area contributed by atoms with Crippen LogP contribution in [0.4, 0.5) is 0 Å². The van der Waals surface area contributed by atoms with E-state index in [0.29, 0.717) is 12.5 Å². The Morgan fingerprint density at radius 1 is 1.16 bits per heavy atom. The van der Waals surface area contributed by atoms with Crippen molar-refractivity contribution in [3.8, 4) is 0 Å². The van der Waals surface area contributed by atoms with Crippen molar-refractivity contribution in [3.05, 3.63) is 41.7 Å². The zero-order valence-electron chi connectivity index (χ0n) is 22.2. The second-order valence-electron chi connectivity index (χ2n) is 10.3. The number of esters is 1. The van der Waals surface area contributed by atoms with Gasteiger partial charge in [0.25, 0.3) is 5.91 Å². The molecule has 0 aliphatic carbocycles. The normalized spacial score (nSPS) is 15.3. The van der Waals surface area contributed by atoms with Gasteiger partial charge in [0.2, 0.25) is 11.8 Å². The molecule has 1 aromatic carbocycles. The van der Waals surface area contributed by atoms with Crippen LogP contribution in [0.2, 0.25) is 0 Å². The van der Waals surface area contributed by atoms with Crippen LogP contribution in [0, 0.1) is 11.3 Å². The number of carbonyl (C=O) groups excluding carboxylic acids is 3. The number of ether oxygens (including phenoxy) is 2. The maximum Gasteiger partial charge on any atom is 0.396 e. The summed E-state index contributed by atoms with van der Waals surface area (Å²) in [6.07, 6.45) is 1.90. The minimum atomic E-state index is -0.887. The lowest BCUT2D eigenvalue weighted by atomic mass is 9.86. The molecule has 0 saturated carbocycles. The summed E-state index contributed by atoms with van der Waals surface area (Å²) >= 11 is 0. The van der Waals surface area contributed by atoms with Gasteiger partial charge in [0.05, 0.1) is 18.7 Å². The maximum absolute atomic E-state index is 13.5. The number of benzene rings is 1. The van der Waals surface area contributed by atoms with Gasteiger partial charge in [-0.1, -0.05) is 39.0 Å². The summed E-state index contributed by atoms with van der Waals surface area (Å²) in [4.78, 5) is 38.4. The highest BCUT2D eigenvalue weighted by atomic mass is 16.5. The maximum atomic E-state index is 13.5. The molecule has 0 spiro atoms. The first kappa shape index (κ1) is 27.2. The van der Waals surface area contributed by atoms with Crippen LogP contribution < -0.4 is 10.6 Å². The summed E-state index contributed by atoms with van der Waals surface area (Å²) in [7, 11) is 0. The van der Waals surface area contributed by atoms with Gasteiger partial charge in [0.15, 0.2) is 5.69 Å². The van der Waals surface area contributed by atoms with Gasteiger partial charge in [0.1, 0.15) is 6.04 Å². The van der Waals surface area contributed by atoms with E-state index >= 15 is 0 Å². The fourth-order valence-corrected chi connectivity index (χ4v) is 4.35. The molecule has 2 N–H and O–H groups in total. The zero-order chi connectivity index (χ0) is 27.3. The average molecular weight is 527 g/mol. The molecule has 1 atom stereocenters. The highest BCUT2D eigenvalue weighted by molar-refractivity contribution is 6.06. The average Bonchev–Trinajstić information content (AvgIpc) is 3.51. The summed E-state index contributed by atoms with van der Waals surface area (Å²) in [5, 5.41) is 18.4. The second-order valence-corrected chi connectivity index (χ2v) is 10.3. The van der Waals surface area contributed by atoms with Crippen molar-refractivity contribution in [1.29, 1.82) is 0 Å². The number of aromatic nitrogens is 4. The SMILES string of the molecule is CCOC(=O)c1nnc(CNC(=O)C(NC(=O)c2nn(CC3CCOCC3)c3ccccc23)C(C)(C)C)o1. The van der Waals surface area contributed by atoms with Crippen LogP contribution in [0.5, 0.6) is 0 Å². The second kappa shape index (κ2) is 11.7. The van der Waals surface area contributed by atoms with Crippen LogP contribution in [-0.2, 0) is 27.4 Å². The number of carbonyl (C=O) groups is 3. The summed E-state index contributed by atoms with van der Waals surface area (Å²) in [5.41, 5.74) is 0.519. The zero-order valence-corrected chi connectivity index (χ0v) is 22.2. The van der Waals surface area contributed by atoms with Crippen LogP contribution in [-0.4, -0.2) is 63.6 Å². The number of rotatable bonds is 9. The number of amides is 2. The van der Waals surface area contributed by atoms with Gasteiger partial charge < -0.3 is 24.5 Å². The number of para-hydroxylation sites is 1. The third-order valence-corrected chi connectivity index (χ3v) is 6.38. The summed E-state index contributed by atoms with van der Waals surface area (Å²) in [5.74, 6) is -1.44. The number of hydrogen-bond acceptors (Lipinski definition) is 9. The molecule has 2 aromatic heterocycles. The summed E-state index contributed by atoms with van der Waals surface area (Å²) in [6, 6.07) is 6.70. The van der Waals surface area contributed by atoms with Gasteiger partial charge in [-0.2, -0.15) is 5.10 Å². The van der Waals surface area contributed by atoms with Gasteiger partial charge in [-0.15, -0.1) is 10.2 Å². The molecule has 0 bridgehead atoms. The fraction of sp³-hybridized carbons (Fsp3) is 0.538. The van der Waals surface area contributed by atoms with Crippen molar-refractivity contribution < 1.29 is 28.3 Å². The highest BCUT2D eigenvalue weighted by Crippen LogP contribution is 2.25. The van der Waals surface area contributed by atoms with Gasteiger partial charge in [-0.3, -0.25) is 14.3 Å². The lowest BCUT2D eigenvalue weighted by Gasteiger charge is -2.30. The molecule has 12 heteroatoms. The summed E-state index contributed by atoms with van der Waals surface area (Å²) in [6.45, 7) is 9.43. The topological polar surface area (TPSA) is 150 Å². The van der Waals surface area contributed by atoms with Gasteiger partial charge in [-0.05, 0) is 37.2 Å². The molecular weight excluding hydrogens is 492 g/mol. The van der Waals surface area contributed by atoms with Gasteiger partial charge >= 0.3 is 11.9 Å². The Morgan fingerprint density at radius 2 is 1.89 bits per heavy atom. The Labute approximate surface area is 220 Å². The van der Waals surface area contributed by atoms with E-state index in [1.165, 1.54) is 0 Å². The minimum absolute atomic E-state index is 0.0400. The molecule has 12 nitrogen and oxygen atoms in total. The van der Waals surface area contributed by atoms with Crippen LogP contribution in [0.3, 0.4) is 0 Å². The molecule has 0 radical (unpaired) electrons. The van der Waals surface area contributed by atoms with E-state index in [1.54, 1.807) is 6.92 Å². The lowest BCUT2D eigenvalue weighted by Crippen LogP contribution is -2.53. The van der Waals surface area contributed by atoms with Gasteiger partial charge in [0, 0.05) is 25.1 Å². The fourth-order valence-electron chi connectivity index (χ4n) is 4.35. The summed E-state index contributed by atoms with van der Waals surface area (Å²) < 4.78 is 17.4. The largest absolute Gasteiger partial charge is 0.459 e. The Balaban J connectivity index is 1.48. The number of hydrogen-bond donors (Lipinski definition) is 2. The molecule has 4 rings (SSSR count). The minimum Gasteiger partial charge on any atom is -0.459 e. The monoisotopic (exact) mass is 526 g/mol. The Morgan fingerprint density at radius 3 is 2.61 bits per heavy atom. The van der Waals surface area contributed by atoms with Crippen LogP contribution in [0.15, 0.2) is 28.7 Å². The van der Waals surface area contributed by atoms with E-state index in [4.69, 9.17) is 13.9 Å². The molecule has 1 unspecified atom stereocenters. The third kappa shape index (κ3) is 6.36. The number of nitrogens with zero attached hydrogens (tertiary/aromatic N) is 4. The molecule has 2 amide bonds. The molecule has 3 heterocycles. The number of nitrogens with one attached hydrogen (secondary N) is 2. The van der Waals surface area contributed by atoms with E-state index in [0.717, 1.165) is 37.0 Å². The molecule has 1 fully saturated rings. The van der Waals surface area contributed by atoms with Crippen molar-refractivity contribution in [2.45, 2.75) is 59.7 Å². The predicted molar refractivity (Wildman–Crippen MR) is 136 cm³/mol. The first-order valence-corrected chi connectivity index (χ1v) is 12.8. The first-order valence-electron chi connectivity index (χ1n) is 12.8. The van der Waals surface area contributed by atoms with Crippen molar-refractivity contribution in [1.82, 2.24) is 30.6 Å². The lowest BCUT2D eigenvalue weighted by molar-refractivity contribution is -0.125. The predicted octanol–water partition coefficient (Wildman–Crippen LogP) is 2.48. The van der Waals surface area contributed by atoms with Crippen molar-refractivity contribution >= 4 is 28.7 Å². The Hall–Kier alpha value is -3.80. The molecule has 38 heavy (non-hydrogen) atoms. The highest BCUT2D eigenvalue weighted by Gasteiger charge is 2.34. The molecule has 204 valence electrons. The van der Waals surface area contributed by atoms with Crippen LogP contribution >= 0.6 is 0 Å². The van der Waals surface area contributed by atoms with E-state index < -0.39 is 29.2 Å². The van der Waals surface area contributed by atoms with E-state index in [-0.39, 0.29) is 30.6 Å². The third-order valence-electron chi connectivity index (χ3n) is 6.38. The van der Waals surface area contributed by atoms with E-state index in [9.17, 15) is 14.4 Å². The van der Waals surface area contributed by atoms with E-state index in [2.05, 4.69) is 25.9 Å². The molecule has 3 aromatic rings. The first-order chi connectivity index (χ1) is 18.2. The smallest absolute Gasteiger partial charge is 0.396 e. The van der Waals surface area contributed by atoms with Gasteiger partial charge in [-0.25, -0.2) is 4.79 Å². The molecular formula is C26H34N6O6. The Bertz CT molecular complexity index is 1290. The Kier molecular flexibility index (Phi) is 8.40.